The van der Waals surface area contributed by atoms with E-state index in [1.54, 1.807) is 37.3 Å². The molecule has 1 saturated heterocycles. The van der Waals surface area contributed by atoms with Gasteiger partial charge in [-0.05, 0) is 55.7 Å². The summed E-state index contributed by atoms with van der Waals surface area (Å²) in [4.78, 5) is 15.1. The summed E-state index contributed by atoms with van der Waals surface area (Å²) in [6, 6.07) is 11.5. The summed E-state index contributed by atoms with van der Waals surface area (Å²) in [6.45, 7) is 4.15. The number of nitrogens with zero attached hydrogens (tertiary/aromatic N) is 1. The second kappa shape index (κ2) is 7.64. The van der Waals surface area contributed by atoms with Crippen LogP contribution in [0.2, 0.25) is 0 Å². The summed E-state index contributed by atoms with van der Waals surface area (Å²) in [5.74, 6) is 0.258. The maximum absolute atomic E-state index is 13.3. The van der Waals surface area contributed by atoms with Gasteiger partial charge in [0.2, 0.25) is 0 Å². The van der Waals surface area contributed by atoms with E-state index in [2.05, 4.69) is 10.2 Å². The molecule has 28 heavy (non-hydrogen) atoms. The van der Waals surface area contributed by atoms with E-state index in [1.165, 1.54) is 6.07 Å². The number of halogens is 1. The molecular formula is C22H23FN2O3. The number of rotatable bonds is 4. The molecular weight excluding hydrogens is 359 g/mol. The molecule has 146 valence electrons. The second-order valence-electron chi connectivity index (χ2n) is 7.37. The van der Waals surface area contributed by atoms with E-state index in [0.717, 1.165) is 31.5 Å². The number of phenols is 1. The quantitative estimate of drug-likeness (QED) is 0.716. The number of aryl methyl sites for hydroxylation is 1. The molecule has 0 spiro atoms. The number of nitrogens with one attached hydrogen (secondary N) is 1. The summed E-state index contributed by atoms with van der Waals surface area (Å²) >= 11 is 0. The molecule has 0 saturated carbocycles. The van der Waals surface area contributed by atoms with Crippen molar-refractivity contribution in [2.75, 3.05) is 13.1 Å². The van der Waals surface area contributed by atoms with Crippen molar-refractivity contribution in [2.45, 2.75) is 32.4 Å². The summed E-state index contributed by atoms with van der Waals surface area (Å²) in [7, 11) is 0. The van der Waals surface area contributed by atoms with E-state index in [9.17, 15) is 14.3 Å². The van der Waals surface area contributed by atoms with E-state index < -0.39 is 0 Å². The molecule has 1 aromatic heterocycles. The molecule has 1 aliphatic heterocycles. The van der Waals surface area contributed by atoms with Crippen LogP contribution in [0.25, 0.3) is 11.0 Å². The fourth-order valence-corrected chi connectivity index (χ4v) is 3.88. The maximum Gasteiger partial charge on any atom is 0.255 e. The van der Waals surface area contributed by atoms with Gasteiger partial charge in [0.25, 0.3) is 5.91 Å². The molecule has 4 rings (SSSR count). The minimum absolute atomic E-state index is 0.0814. The zero-order chi connectivity index (χ0) is 19.7. The number of piperidine rings is 1. The molecule has 2 aromatic carbocycles. The van der Waals surface area contributed by atoms with Crippen LogP contribution in [0.15, 0.2) is 46.9 Å². The lowest BCUT2D eigenvalue weighted by molar-refractivity contribution is 0.0909. The fourth-order valence-electron chi connectivity index (χ4n) is 3.88. The molecule has 1 amide bonds. The molecule has 0 unspecified atom stereocenters. The monoisotopic (exact) mass is 382 g/mol. The minimum atomic E-state index is -0.214. The molecule has 1 aliphatic rings. The average molecular weight is 382 g/mol. The van der Waals surface area contributed by atoms with Crippen LogP contribution in [0.3, 0.4) is 0 Å². The van der Waals surface area contributed by atoms with Gasteiger partial charge in [0.05, 0.1) is 5.56 Å². The Hall–Kier alpha value is -2.86. The molecule has 0 bridgehead atoms. The number of carbonyl (C=O) groups is 1. The fraction of sp³-hybridized carbons (Fsp3) is 0.318. The predicted octanol–water partition coefficient (Wildman–Crippen LogP) is 3.98. The molecule has 2 N–H and O–H groups in total. The van der Waals surface area contributed by atoms with Crippen LogP contribution in [0.4, 0.5) is 4.39 Å². The van der Waals surface area contributed by atoms with Gasteiger partial charge in [-0.15, -0.1) is 0 Å². The van der Waals surface area contributed by atoms with Crippen molar-refractivity contribution in [3.63, 3.8) is 0 Å². The highest BCUT2D eigenvalue weighted by Crippen LogP contribution is 2.29. The van der Waals surface area contributed by atoms with Crippen LogP contribution < -0.4 is 5.32 Å². The minimum Gasteiger partial charge on any atom is -0.508 e. The van der Waals surface area contributed by atoms with Crippen LogP contribution >= 0.6 is 0 Å². The van der Waals surface area contributed by atoms with Gasteiger partial charge in [0, 0.05) is 31.1 Å². The smallest absolute Gasteiger partial charge is 0.255 e. The average Bonchev–Trinajstić information content (AvgIpc) is 2.98. The Balaban J connectivity index is 1.38. The highest BCUT2D eigenvalue weighted by Gasteiger charge is 2.24. The molecule has 0 atom stereocenters. The third kappa shape index (κ3) is 3.87. The van der Waals surface area contributed by atoms with Crippen molar-refractivity contribution in [3.8, 4) is 5.75 Å². The topological polar surface area (TPSA) is 65.7 Å². The number of benzene rings is 2. The van der Waals surface area contributed by atoms with E-state index in [-0.39, 0.29) is 23.5 Å². The van der Waals surface area contributed by atoms with Gasteiger partial charge in [-0.2, -0.15) is 0 Å². The number of furan rings is 1. The summed E-state index contributed by atoms with van der Waals surface area (Å²) in [6.07, 6.45) is 1.67. The molecule has 0 aliphatic carbocycles. The van der Waals surface area contributed by atoms with E-state index in [0.29, 0.717) is 28.8 Å². The van der Waals surface area contributed by atoms with E-state index in [4.69, 9.17) is 4.42 Å². The number of phenolic OH excluding ortho intramolecular Hbond substituents is 1. The normalized spacial score (nSPS) is 15.8. The zero-order valence-electron chi connectivity index (χ0n) is 15.7. The Morgan fingerprint density at radius 2 is 2.04 bits per heavy atom. The highest BCUT2D eigenvalue weighted by atomic mass is 19.1. The van der Waals surface area contributed by atoms with Crippen LogP contribution in [0, 0.1) is 12.7 Å². The Kier molecular flexibility index (Phi) is 5.05. The second-order valence-corrected chi connectivity index (χ2v) is 7.37. The SMILES string of the molecule is Cc1oc2ccc(O)cc2c1C(=O)NC1CCN(Cc2cccc(F)c2)CC1. The molecule has 6 heteroatoms. The van der Waals surface area contributed by atoms with E-state index in [1.807, 2.05) is 6.07 Å². The van der Waals surface area contributed by atoms with Crippen molar-refractivity contribution in [3.05, 3.63) is 65.2 Å². The number of hydrogen-bond acceptors (Lipinski definition) is 4. The first kappa shape index (κ1) is 18.5. The van der Waals surface area contributed by atoms with Crippen molar-refractivity contribution in [2.24, 2.45) is 0 Å². The maximum atomic E-state index is 13.3. The van der Waals surface area contributed by atoms with Gasteiger partial charge in [-0.25, -0.2) is 4.39 Å². The lowest BCUT2D eigenvalue weighted by Gasteiger charge is -2.32. The van der Waals surface area contributed by atoms with Gasteiger partial charge in [-0.1, -0.05) is 12.1 Å². The molecule has 3 aromatic rings. The van der Waals surface area contributed by atoms with Crippen LogP contribution in [0.5, 0.6) is 5.75 Å². The van der Waals surface area contributed by atoms with Crippen molar-refractivity contribution >= 4 is 16.9 Å². The Morgan fingerprint density at radius 3 is 2.79 bits per heavy atom. The molecule has 0 radical (unpaired) electrons. The van der Waals surface area contributed by atoms with Gasteiger partial charge in [-0.3, -0.25) is 9.69 Å². The molecule has 2 heterocycles. The van der Waals surface area contributed by atoms with Crippen LogP contribution in [0.1, 0.15) is 34.5 Å². The van der Waals surface area contributed by atoms with E-state index >= 15 is 0 Å². The lowest BCUT2D eigenvalue weighted by Crippen LogP contribution is -2.44. The third-order valence-corrected chi connectivity index (χ3v) is 5.29. The Morgan fingerprint density at radius 1 is 1.25 bits per heavy atom. The summed E-state index contributed by atoms with van der Waals surface area (Å²) < 4.78 is 19.0. The Labute approximate surface area is 162 Å². The van der Waals surface area contributed by atoms with Gasteiger partial charge >= 0.3 is 0 Å². The van der Waals surface area contributed by atoms with Gasteiger partial charge in [0.15, 0.2) is 0 Å². The Bertz CT molecular complexity index is 1010. The standard InChI is InChI=1S/C22H23FN2O3/c1-14-21(19-12-18(26)5-6-20(19)28-14)22(27)24-17-7-9-25(10-8-17)13-15-3-2-4-16(23)11-15/h2-6,11-12,17,26H,7-10,13H2,1H3,(H,24,27). The van der Waals surface area contributed by atoms with Crippen molar-refractivity contribution in [1.29, 1.82) is 0 Å². The van der Waals surface area contributed by atoms with Crippen molar-refractivity contribution < 1.29 is 18.7 Å². The van der Waals surface area contributed by atoms with Crippen LogP contribution in [-0.4, -0.2) is 35.0 Å². The van der Waals surface area contributed by atoms with Gasteiger partial charge in [0.1, 0.15) is 22.9 Å². The number of likely N-dealkylation sites (tertiary alicyclic amines) is 1. The molecule has 1 fully saturated rings. The first-order valence-corrected chi connectivity index (χ1v) is 9.49. The van der Waals surface area contributed by atoms with Crippen molar-refractivity contribution in [1.82, 2.24) is 10.2 Å². The highest BCUT2D eigenvalue weighted by molar-refractivity contribution is 6.07. The summed E-state index contributed by atoms with van der Waals surface area (Å²) in [5, 5.41) is 13.5. The van der Waals surface area contributed by atoms with Gasteiger partial charge < -0.3 is 14.8 Å². The predicted molar refractivity (Wildman–Crippen MR) is 105 cm³/mol. The number of hydrogen-bond donors (Lipinski definition) is 2. The van der Waals surface area contributed by atoms with Crippen LogP contribution in [-0.2, 0) is 6.54 Å². The molecule has 5 nitrogen and oxygen atoms in total. The first-order chi connectivity index (χ1) is 13.5. The zero-order valence-corrected chi connectivity index (χ0v) is 15.7. The first-order valence-electron chi connectivity index (χ1n) is 9.49. The lowest BCUT2D eigenvalue weighted by atomic mass is 10.0. The third-order valence-electron chi connectivity index (χ3n) is 5.29. The summed E-state index contributed by atoms with van der Waals surface area (Å²) in [5.41, 5.74) is 2.03. The largest absolute Gasteiger partial charge is 0.508 e. The number of aromatic hydroxyl groups is 1. The number of carbonyl (C=O) groups excluding carboxylic acids is 1. The number of amides is 1. The number of fused-ring (bicyclic) bond motifs is 1.